The number of halogens is 1. The van der Waals surface area contributed by atoms with Crippen molar-refractivity contribution in [1.29, 1.82) is 0 Å². The third kappa shape index (κ3) is 3.12. The number of aromatic nitrogens is 3. The molecule has 0 radical (unpaired) electrons. The fraction of sp³-hybridized carbons (Fsp3) is 0.278. The van der Waals surface area contributed by atoms with Crippen LogP contribution in [0.25, 0.3) is 5.52 Å². The van der Waals surface area contributed by atoms with E-state index in [2.05, 4.69) is 25.9 Å². The zero-order chi connectivity index (χ0) is 18.1. The number of carbonyl (C=O) groups is 1. The summed E-state index contributed by atoms with van der Waals surface area (Å²) in [6.45, 7) is 1.49. The number of nitrogens with zero attached hydrogens (tertiary/aromatic N) is 4. The maximum absolute atomic E-state index is 12.4. The molecule has 3 heterocycles. The van der Waals surface area contributed by atoms with E-state index in [1.54, 1.807) is 11.1 Å². The molecule has 0 aliphatic carbocycles. The monoisotopic (exact) mass is 415 g/mol. The molecule has 2 aromatic heterocycles. The van der Waals surface area contributed by atoms with Crippen LogP contribution in [0.15, 0.2) is 47.3 Å². The van der Waals surface area contributed by atoms with E-state index in [9.17, 15) is 4.79 Å². The predicted octanol–water partition coefficient (Wildman–Crippen LogP) is 3.20. The fourth-order valence-electron chi connectivity index (χ4n) is 3.28. The van der Waals surface area contributed by atoms with Crippen LogP contribution in [-0.4, -0.2) is 38.5 Å². The summed E-state index contributed by atoms with van der Waals surface area (Å²) in [6, 6.07) is 9.67. The van der Waals surface area contributed by atoms with Crippen LogP contribution >= 0.6 is 15.9 Å². The lowest BCUT2D eigenvalue weighted by atomic mass is 10.1. The zero-order valence-corrected chi connectivity index (χ0v) is 15.6. The van der Waals surface area contributed by atoms with Crippen molar-refractivity contribution < 1.29 is 9.53 Å². The average Bonchev–Trinajstić information content (AvgIpc) is 3.26. The Bertz CT molecular complexity index is 943. The van der Waals surface area contributed by atoms with E-state index in [0.717, 1.165) is 23.3 Å². The van der Waals surface area contributed by atoms with Gasteiger partial charge >= 0.3 is 6.09 Å². The summed E-state index contributed by atoms with van der Waals surface area (Å²) < 4.78 is 8.04. The first-order valence-corrected chi connectivity index (χ1v) is 9.16. The highest BCUT2D eigenvalue weighted by Gasteiger charge is 2.31. The Kier molecular flexibility index (Phi) is 4.50. The van der Waals surface area contributed by atoms with Gasteiger partial charge in [0.25, 0.3) is 0 Å². The van der Waals surface area contributed by atoms with Gasteiger partial charge in [-0.15, -0.1) is 0 Å². The average molecular weight is 416 g/mol. The van der Waals surface area contributed by atoms with E-state index in [-0.39, 0.29) is 18.6 Å². The molecule has 4 rings (SSSR count). The van der Waals surface area contributed by atoms with Crippen molar-refractivity contribution in [3.8, 4) is 0 Å². The van der Waals surface area contributed by atoms with Crippen LogP contribution in [0.4, 0.5) is 10.6 Å². The van der Waals surface area contributed by atoms with Gasteiger partial charge in [0.2, 0.25) is 0 Å². The Balaban J connectivity index is 1.45. The number of amides is 1. The molecule has 1 aromatic carbocycles. The Morgan fingerprint density at radius 3 is 2.96 bits per heavy atom. The minimum Gasteiger partial charge on any atom is -0.445 e. The molecule has 1 fully saturated rings. The quantitative estimate of drug-likeness (QED) is 0.709. The first-order chi connectivity index (χ1) is 12.6. The topological polar surface area (TPSA) is 85.8 Å². The molecular formula is C18H18BrN5O2. The molecule has 26 heavy (non-hydrogen) atoms. The molecule has 1 atom stereocenters. The van der Waals surface area contributed by atoms with Crippen molar-refractivity contribution in [1.82, 2.24) is 19.3 Å². The van der Waals surface area contributed by atoms with Gasteiger partial charge in [0.15, 0.2) is 5.82 Å². The number of imidazole rings is 1. The van der Waals surface area contributed by atoms with E-state index in [4.69, 9.17) is 10.5 Å². The summed E-state index contributed by atoms with van der Waals surface area (Å²) in [5.41, 5.74) is 7.68. The van der Waals surface area contributed by atoms with E-state index in [1.165, 1.54) is 0 Å². The molecule has 134 valence electrons. The van der Waals surface area contributed by atoms with Crippen LogP contribution in [0.3, 0.4) is 0 Å². The van der Waals surface area contributed by atoms with E-state index in [1.807, 2.05) is 40.9 Å². The number of hydrogen-bond acceptors (Lipinski definition) is 5. The van der Waals surface area contributed by atoms with Gasteiger partial charge in [-0.05, 0) is 27.9 Å². The fourth-order valence-corrected chi connectivity index (χ4v) is 3.85. The standard InChI is InChI=1S/C18H18BrN5O2/c19-15-14-16(20)21-7-9-24(14)17(22-15)13-6-8-23(10-13)18(25)26-11-12-4-2-1-3-5-12/h1-5,7,9,13H,6,8,10-11H2,(H2,20,21). The number of likely N-dealkylation sites (tertiary alicyclic amines) is 1. The molecule has 3 aromatic rings. The van der Waals surface area contributed by atoms with Crippen LogP contribution < -0.4 is 5.73 Å². The molecule has 0 saturated carbocycles. The normalized spacial score (nSPS) is 17.0. The number of nitrogens with two attached hydrogens (primary N) is 1. The first-order valence-electron chi connectivity index (χ1n) is 8.37. The maximum Gasteiger partial charge on any atom is 0.410 e. The third-order valence-electron chi connectivity index (χ3n) is 4.58. The number of carbonyl (C=O) groups excluding carboxylic acids is 1. The van der Waals surface area contributed by atoms with Gasteiger partial charge in [-0.3, -0.25) is 4.40 Å². The highest BCUT2D eigenvalue weighted by molar-refractivity contribution is 9.10. The molecule has 8 heteroatoms. The van der Waals surface area contributed by atoms with Gasteiger partial charge in [-0.25, -0.2) is 14.8 Å². The summed E-state index contributed by atoms with van der Waals surface area (Å²) in [5.74, 6) is 1.43. The lowest BCUT2D eigenvalue weighted by Crippen LogP contribution is -2.29. The highest BCUT2D eigenvalue weighted by Crippen LogP contribution is 2.31. The maximum atomic E-state index is 12.4. The smallest absolute Gasteiger partial charge is 0.410 e. The third-order valence-corrected chi connectivity index (χ3v) is 5.14. The summed E-state index contributed by atoms with van der Waals surface area (Å²) in [7, 11) is 0. The van der Waals surface area contributed by atoms with Gasteiger partial charge in [0, 0.05) is 31.4 Å². The number of anilines is 1. The second-order valence-corrected chi connectivity index (χ2v) is 7.01. The minimum absolute atomic E-state index is 0.125. The number of rotatable bonds is 3. The highest BCUT2D eigenvalue weighted by atomic mass is 79.9. The van der Waals surface area contributed by atoms with Crippen LogP contribution in [-0.2, 0) is 11.3 Å². The molecule has 1 unspecified atom stereocenters. The summed E-state index contributed by atoms with van der Waals surface area (Å²) in [6.07, 6.45) is 4.03. The lowest BCUT2D eigenvalue weighted by Gasteiger charge is -2.16. The Morgan fingerprint density at radius 1 is 1.35 bits per heavy atom. The van der Waals surface area contributed by atoms with Gasteiger partial charge in [-0.2, -0.15) is 0 Å². The van der Waals surface area contributed by atoms with Crippen molar-refractivity contribution in [2.45, 2.75) is 18.9 Å². The number of nitrogen functional groups attached to an aromatic ring is 1. The van der Waals surface area contributed by atoms with Crippen molar-refractivity contribution in [2.24, 2.45) is 0 Å². The molecule has 1 saturated heterocycles. The number of fused-ring (bicyclic) bond motifs is 1. The van der Waals surface area contributed by atoms with Gasteiger partial charge in [-0.1, -0.05) is 30.3 Å². The van der Waals surface area contributed by atoms with Crippen molar-refractivity contribution in [3.63, 3.8) is 0 Å². The Labute approximate surface area is 158 Å². The largest absolute Gasteiger partial charge is 0.445 e. The van der Waals surface area contributed by atoms with Crippen LogP contribution in [0.5, 0.6) is 0 Å². The van der Waals surface area contributed by atoms with Crippen molar-refractivity contribution >= 4 is 33.4 Å². The van der Waals surface area contributed by atoms with Crippen molar-refractivity contribution in [3.05, 3.63) is 58.7 Å². The SMILES string of the molecule is Nc1nccn2c(C3CCN(C(=O)OCc4ccccc4)C3)nc(Br)c12. The van der Waals surface area contributed by atoms with Crippen molar-refractivity contribution in [2.75, 3.05) is 18.8 Å². The number of benzene rings is 1. The summed E-state index contributed by atoms with van der Waals surface area (Å²) in [4.78, 5) is 22.8. The second-order valence-electron chi connectivity index (χ2n) is 6.26. The van der Waals surface area contributed by atoms with Crippen LogP contribution in [0.1, 0.15) is 23.7 Å². The first kappa shape index (κ1) is 16.8. The molecule has 7 nitrogen and oxygen atoms in total. The second kappa shape index (κ2) is 6.95. The molecule has 1 amide bonds. The zero-order valence-electron chi connectivity index (χ0n) is 14.0. The molecule has 0 bridgehead atoms. The molecule has 2 N–H and O–H groups in total. The number of ether oxygens (including phenoxy) is 1. The molecule has 1 aliphatic rings. The predicted molar refractivity (Wildman–Crippen MR) is 101 cm³/mol. The molecular weight excluding hydrogens is 398 g/mol. The van der Waals surface area contributed by atoms with E-state index in [0.29, 0.717) is 23.5 Å². The van der Waals surface area contributed by atoms with Gasteiger partial charge < -0.3 is 15.4 Å². The summed E-state index contributed by atoms with van der Waals surface area (Å²) in [5, 5.41) is 0. The summed E-state index contributed by atoms with van der Waals surface area (Å²) >= 11 is 3.45. The Hall–Kier alpha value is -2.61. The Morgan fingerprint density at radius 2 is 2.15 bits per heavy atom. The van der Waals surface area contributed by atoms with Gasteiger partial charge in [0.05, 0.1) is 0 Å². The lowest BCUT2D eigenvalue weighted by molar-refractivity contribution is 0.104. The van der Waals surface area contributed by atoms with E-state index < -0.39 is 0 Å². The number of hydrogen-bond donors (Lipinski definition) is 1. The molecule has 0 spiro atoms. The van der Waals surface area contributed by atoms with Crippen LogP contribution in [0.2, 0.25) is 0 Å². The minimum atomic E-state index is -0.294. The van der Waals surface area contributed by atoms with Gasteiger partial charge in [0.1, 0.15) is 22.6 Å². The molecule has 1 aliphatic heterocycles. The van der Waals surface area contributed by atoms with Crippen LogP contribution in [0, 0.1) is 0 Å². The van der Waals surface area contributed by atoms with E-state index >= 15 is 0 Å².